The van der Waals surface area contributed by atoms with E-state index in [9.17, 15) is 0 Å². The van der Waals surface area contributed by atoms with Crippen molar-refractivity contribution < 1.29 is 0 Å². The molecule has 0 aliphatic heterocycles. The SMILES string of the molecule is Cc1ccc(CCc2ccccc2)cc1N.Cc1ccc(CCc2ccccc2)cc1Nc1cncc2ccccc12. The number of nitrogens with two attached hydrogens (primary N) is 1. The van der Waals surface area contributed by atoms with Crippen LogP contribution in [0.3, 0.4) is 0 Å². The van der Waals surface area contributed by atoms with Crippen LogP contribution in [-0.4, -0.2) is 4.98 Å². The van der Waals surface area contributed by atoms with E-state index in [-0.39, 0.29) is 0 Å². The van der Waals surface area contributed by atoms with E-state index in [1.807, 2.05) is 31.5 Å². The second-order valence-corrected chi connectivity index (χ2v) is 10.8. The first kappa shape index (κ1) is 28.6. The topological polar surface area (TPSA) is 50.9 Å². The first-order valence-corrected chi connectivity index (χ1v) is 14.7. The molecule has 210 valence electrons. The van der Waals surface area contributed by atoms with Gasteiger partial charge in [-0.05, 0) is 85.0 Å². The maximum Gasteiger partial charge on any atom is 0.0650 e. The van der Waals surface area contributed by atoms with E-state index in [1.54, 1.807) is 0 Å². The maximum absolute atomic E-state index is 5.89. The molecular weight excluding hydrogens is 510 g/mol. The van der Waals surface area contributed by atoms with Crippen molar-refractivity contribution in [1.29, 1.82) is 0 Å². The van der Waals surface area contributed by atoms with Gasteiger partial charge in [0.1, 0.15) is 0 Å². The second-order valence-electron chi connectivity index (χ2n) is 10.8. The minimum Gasteiger partial charge on any atom is -0.399 e. The van der Waals surface area contributed by atoms with Crippen LogP contribution in [0.25, 0.3) is 10.8 Å². The Bertz CT molecular complexity index is 1720. The highest BCUT2D eigenvalue weighted by Crippen LogP contribution is 2.28. The summed E-state index contributed by atoms with van der Waals surface area (Å²) in [6, 6.07) is 42.6. The number of hydrogen-bond acceptors (Lipinski definition) is 3. The summed E-state index contributed by atoms with van der Waals surface area (Å²) in [6.07, 6.45) is 8.02. The highest BCUT2D eigenvalue weighted by molar-refractivity contribution is 5.94. The third kappa shape index (κ3) is 7.86. The van der Waals surface area contributed by atoms with Gasteiger partial charge < -0.3 is 11.1 Å². The Labute approximate surface area is 250 Å². The predicted octanol–water partition coefficient (Wildman–Crippen LogP) is 9.43. The fourth-order valence-electron chi connectivity index (χ4n) is 5.03. The summed E-state index contributed by atoms with van der Waals surface area (Å²) in [4.78, 5) is 4.37. The number of anilines is 3. The highest BCUT2D eigenvalue weighted by Gasteiger charge is 2.06. The van der Waals surface area contributed by atoms with E-state index in [0.29, 0.717) is 0 Å². The molecule has 0 spiro atoms. The van der Waals surface area contributed by atoms with Gasteiger partial charge >= 0.3 is 0 Å². The van der Waals surface area contributed by atoms with Crippen molar-refractivity contribution in [1.82, 2.24) is 4.98 Å². The zero-order valence-electron chi connectivity index (χ0n) is 24.6. The summed E-state index contributed by atoms with van der Waals surface area (Å²) in [7, 11) is 0. The molecule has 0 saturated carbocycles. The van der Waals surface area contributed by atoms with Gasteiger partial charge in [0.25, 0.3) is 0 Å². The molecule has 0 bridgehead atoms. The number of nitrogen functional groups attached to an aromatic ring is 1. The number of nitrogens with one attached hydrogen (secondary N) is 1. The van der Waals surface area contributed by atoms with Crippen LogP contribution in [0.5, 0.6) is 0 Å². The summed E-state index contributed by atoms with van der Waals surface area (Å²) < 4.78 is 0. The molecule has 0 aliphatic carbocycles. The fraction of sp³-hybridized carbons (Fsp3) is 0.154. The van der Waals surface area contributed by atoms with Gasteiger partial charge in [0.15, 0.2) is 0 Å². The monoisotopic (exact) mass is 549 g/mol. The van der Waals surface area contributed by atoms with Crippen molar-refractivity contribution in [3.63, 3.8) is 0 Å². The third-order valence-corrected chi connectivity index (χ3v) is 7.67. The first-order chi connectivity index (χ1) is 20.5. The number of aromatic nitrogens is 1. The summed E-state index contributed by atoms with van der Waals surface area (Å²) in [5, 5.41) is 5.93. The minimum absolute atomic E-state index is 0.894. The number of pyridine rings is 1. The lowest BCUT2D eigenvalue weighted by Gasteiger charge is -2.13. The average molecular weight is 550 g/mol. The molecule has 0 radical (unpaired) electrons. The van der Waals surface area contributed by atoms with Gasteiger partial charge in [-0.2, -0.15) is 0 Å². The molecule has 0 unspecified atom stereocenters. The van der Waals surface area contributed by atoms with Crippen molar-refractivity contribution in [2.45, 2.75) is 39.5 Å². The molecule has 3 heteroatoms. The van der Waals surface area contributed by atoms with Crippen LogP contribution >= 0.6 is 0 Å². The predicted molar refractivity (Wildman–Crippen MR) is 179 cm³/mol. The van der Waals surface area contributed by atoms with Crippen LogP contribution in [0.15, 0.2) is 134 Å². The van der Waals surface area contributed by atoms with Gasteiger partial charge in [0.2, 0.25) is 0 Å². The van der Waals surface area contributed by atoms with Crippen LogP contribution in [0.4, 0.5) is 17.1 Å². The Kier molecular flexibility index (Phi) is 9.64. The molecule has 6 rings (SSSR count). The summed E-state index contributed by atoms with van der Waals surface area (Å²) in [5.74, 6) is 0. The van der Waals surface area contributed by atoms with Crippen LogP contribution < -0.4 is 11.1 Å². The zero-order valence-corrected chi connectivity index (χ0v) is 24.6. The minimum atomic E-state index is 0.894. The number of benzene rings is 5. The molecule has 1 heterocycles. The molecule has 3 nitrogen and oxygen atoms in total. The average Bonchev–Trinajstić information content (AvgIpc) is 3.03. The van der Waals surface area contributed by atoms with Crippen LogP contribution in [0.1, 0.15) is 33.4 Å². The van der Waals surface area contributed by atoms with E-state index < -0.39 is 0 Å². The van der Waals surface area contributed by atoms with E-state index >= 15 is 0 Å². The lowest BCUT2D eigenvalue weighted by atomic mass is 10.0. The van der Waals surface area contributed by atoms with Crippen molar-refractivity contribution >= 4 is 27.8 Å². The number of fused-ring (bicyclic) bond motifs is 1. The molecule has 0 saturated heterocycles. The molecule has 42 heavy (non-hydrogen) atoms. The van der Waals surface area contributed by atoms with Crippen molar-refractivity contribution in [3.8, 4) is 0 Å². The molecule has 0 atom stereocenters. The van der Waals surface area contributed by atoms with E-state index in [4.69, 9.17) is 5.73 Å². The summed E-state index contributed by atoms with van der Waals surface area (Å²) in [5.41, 5.74) is 16.8. The molecule has 3 N–H and O–H groups in total. The van der Waals surface area contributed by atoms with Crippen LogP contribution in [0, 0.1) is 13.8 Å². The lowest BCUT2D eigenvalue weighted by Crippen LogP contribution is -1.98. The largest absolute Gasteiger partial charge is 0.399 e. The highest BCUT2D eigenvalue weighted by atomic mass is 14.9. The maximum atomic E-state index is 5.89. The normalized spacial score (nSPS) is 10.6. The molecule has 6 aromatic rings. The Morgan fingerprint density at radius 2 is 1.07 bits per heavy atom. The third-order valence-electron chi connectivity index (χ3n) is 7.67. The summed E-state index contributed by atoms with van der Waals surface area (Å²) in [6.45, 7) is 4.18. The van der Waals surface area contributed by atoms with Crippen LogP contribution in [-0.2, 0) is 25.7 Å². The zero-order chi connectivity index (χ0) is 29.1. The second kappa shape index (κ2) is 14.1. The van der Waals surface area contributed by atoms with Gasteiger partial charge in [-0.15, -0.1) is 0 Å². The smallest absolute Gasteiger partial charge is 0.0650 e. The quantitative estimate of drug-likeness (QED) is 0.186. The van der Waals surface area contributed by atoms with Gasteiger partial charge in [0, 0.05) is 28.3 Å². The van der Waals surface area contributed by atoms with E-state index in [2.05, 4.69) is 126 Å². The van der Waals surface area contributed by atoms with Crippen LogP contribution in [0.2, 0.25) is 0 Å². The standard InChI is InChI=1S/C24H22N2.C15H17N/c1-18-11-12-20(14-13-19-7-3-2-4-8-19)15-23(18)26-24-17-25-16-21-9-5-6-10-22(21)24;1-12-7-8-14(11-15(12)16)10-9-13-5-3-2-4-6-13/h2-12,15-17,26H,13-14H2,1H3;2-8,11H,9-10,16H2,1H3. The lowest BCUT2D eigenvalue weighted by molar-refractivity contribution is 0.960. The molecule has 1 aromatic heterocycles. The molecule has 0 amide bonds. The van der Waals surface area contributed by atoms with E-state index in [0.717, 1.165) is 53.7 Å². The van der Waals surface area contributed by atoms with Gasteiger partial charge in [0.05, 0.1) is 11.9 Å². The Balaban J connectivity index is 0.000000189. The summed E-state index contributed by atoms with van der Waals surface area (Å²) >= 11 is 0. The Hall–Kier alpha value is -4.89. The van der Waals surface area contributed by atoms with Crippen molar-refractivity contribution in [2.75, 3.05) is 11.1 Å². The fourth-order valence-corrected chi connectivity index (χ4v) is 5.03. The first-order valence-electron chi connectivity index (χ1n) is 14.7. The molecular formula is C39H39N3. The number of rotatable bonds is 8. The Morgan fingerprint density at radius 3 is 1.71 bits per heavy atom. The number of hydrogen-bond donors (Lipinski definition) is 2. The number of aryl methyl sites for hydroxylation is 6. The van der Waals surface area contributed by atoms with E-state index in [1.165, 1.54) is 33.2 Å². The molecule has 0 fully saturated rings. The van der Waals surface area contributed by atoms with Crippen molar-refractivity contribution in [3.05, 3.63) is 167 Å². The molecule has 0 aliphatic rings. The van der Waals surface area contributed by atoms with Gasteiger partial charge in [-0.3, -0.25) is 4.98 Å². The van der Waals surface area contributed by atoms with Crippen molar-refractivity contribution in [2.24, 2.45) is 0 Å². The van der Waals surface area contributed by atoms with Gasteiger partial charge in [-0.25, -0.2) is 0 Å². The molecule has 5 aromatic carbocycles. The number of nitrogens with zero attached hydrogens (tertiary/aromatic N) is 1. The van der Waals surface area contributed by atoms with Gasteiger partial charge in [-0.1, -0.05) is 109 Å². The Morgan fingerprint density at radius 1 is 0.524 bits per heavy atom.